The molecule has 0 saturated carbocycles. The fourth-order valence-corrected chi connectivity index (χ4v) is 2.76. The van der Waals surface area contributed by atoms with Crippen molar-refractivity contribution in [3.8, 4) is 0 Å². The van der Waals surface area contributed by atoms with Gasteiger partial charge < -0.3 is 4.74 Å². The topological polar surface area (TPSA) is 26.3 Å². The molecule has 84 valence electrons. The van der Waals surface area contributed by atoms with Gasteiger partial charge in [0.25, 0.3) is 0 Å². The highest BCUT2D eigenvalue weighted by atomic mass is 35.5. The van der Waals surface area contributed by atoms with Crippen molar-refractivity contribution in [3.63, 3.8) is 0 Å². The Morgan fingerprint density at radius 2 is 2.19 bits per heavy atom. The van der Waals surface area contributed by atoms with E-state index < -0.39 is 0 Å². The maximum absolute atomic E-state index is 11.5. The molecule has 0 saturated heterocycles. The van der Waals surface area contributed by atoms with Gasteiger partial charge >= 0.3 is 5.97 Å². The minimum Gasteiger partial charge on any atom is -0.462 e. The average molecular weight is 275 g/mol. The number of thiophene rings is 1. The molecule has 0 radical (unpaired) electrons. The number of hydrogen-bond acceptors (Lipinski definition) is 3. The minimum atomic E-state index is -0.323. The van der Waals surface area contributed by atoms with E-state index in [1.54, 1.807) is 19.1 Å². The van der Waals surface area contributed by atoms with Crippen LogP contribution in [0.4, 0.5) is 0 Å². The summed E-state index contributed by atoms with van der Waals surface area (Å²) < 4.78 is 5.85. The molecule has 0 bridgehead atoms. The van der Waals surface area contributed by atoms with Gasteiger partial charge in [-0.05, 0) is 25.1 Å². The molecule has 0 N–H and O–H groups in total. The molecule has 16 heavy (non-hydrogen) atoms. The summed E-state index contributed by atoms with van der Waals surface area (Å²) in [5, 5.41) is 1.76. The first-order chi connectivity index (χ1) is 7.63. The second-order valence-corrected chi connectivity index (χ2v) is 4.97. The zero-order chi connectivity index (χ0) is 11.7. The summed E-state index contributed by atoms with van der Waals surface area (Å²) in [5.74, 6) is -0.323. The third kappa shape index (κ3) is 2.03. The highest BCUT2D eigenvalue weighted by Crippen LogP contribution is 2.35. The molecule has 2 rings (SSSR count). The number of esters is 1. The Bertz CT molecular complexity index is 548. The summed E-state index contributed by atoms with van der Waals surface area (Å²) in [6.45, 7) is 2.14. The van der Waals surface area contributed by atoms with Gasteiger partial charge in [-0.25, -0.2) is 4.79 Å². The summed E-state index contributed by atoms with van der Waals surface area (Å²) in [6, 6.07) is 5.28. The third-order valence-electron chi connectivity index (χ3n) is 2.06. The van der Waals surface area contributed by atoms with Gasteiger partial charge in [0, 0.05) is 10.1 Å². The molecule has 0 aliphatic heterocycles. The first-order valence-corrected chi connectivity index (χ1v) is 6.25. The monoisotopic (exact) mass is 274 g/mol. The van der Waals surface area contributed by atoms with Crippen molar-refractivity contribution in [2.75, 3.05) is 6.61 Å². The van der Waals surface area contributed by atoms with E-state index in [-0.39, 0.29) is 5.97 Å². The van der Waals surface area contributed by atoms with E-state index in [1.807, 2.05) is 6.07 Å². The Hall–Kier alpha value is -0.770. The van der Waals surface area contributed by atoms with Crippen LogP contribution in [0, 0.1) is 0 Å². The van der Waals surface area contributed by atoms with Crippen LogP contribution in [0.1, 0.15) is 16.6 Å². The third-order valence-corrected chi connectivity index (χ3v) is 3.96. The summed E-state index contributed by atoms with van der Waals surface area (Å²) in [7, 11) is 0. The van der Waals surface area contributed by atoms with Crippen molar-refractivity contribution in [1.82, 2.24) is 0 Å². The van der Waals surface area contributed by atoms with Crippen molar-refractivity contribution in [2.45, 2.75) is 6.92 Å². The van der Waals surface area contributed by atoms with Gasteiger partial charge in [-0.3, -0.25) is 0 Å². The van der Waals surface area contributed by atoms with Crippen LogP contribution in [-0.4, -0.2) is 12.6 Å². The number of benzene rings is 1. The maximum atomic E-state index is 11.5. The minimum absolute atomic E-state index is 0.323. The fourth-order valence-electron chi connectivity index (χ4n) is 1.35. The molecule has 0 aliphatic rings. The highest BCUT2D eigenvalue weighted by molar-refractivity contribution is 7.20. The lowest BCUT2D eigenvalue weighted by molar-refractivity contribution is 0.0532. The van der Waals surface area contributed by atoms with Crippen molar-refractivity contribution < 1.29 is 9.53 Å². The number of halogens is 2. The van der Waals surface area contributed by atoms with Crippen LogP contribution in [0.25, 0.3) is 10.1 Å². The Morgan fingerprint density at radius 3 is 2.88 bits per heavy atom. The zero-order valence-electron chi connectivity index (χ0n) is 8.42. The largest absolute Gasteiger partial charge is 0.462 e. The normalized spacial score (nSPS) is 10.7. The fraction of sp³-hybridized carbons (Fsp3) is 0.182. The van der Waals surface area contributed by atoms with E-state index in [0.717, 1.165) is 10.1 Å². The Balaban J connectivity index is 2.52. The maximum Gasteiger partial charge on any atom is 0.348 e. The molecular weight excluding hydrogens is 267 g/mol. The SMILES string of the molecule is CCOC(=O)c1cc2c(Cl)c(Cl)ccc2s1. The molecule has 1 aromatic carbocycles. The van der Waals surface area contributed by atoms with Gasteiger partial charge in [0.15, 0.2) is 0 Å². The van der Waals surface area contributed by atoms with Gasteiger partial charge in [0.2, 0.25) is 0 Å². The van der Waals surface area contributed by atoms with Crippen molar-refractivity contribution in [3.05, 3.63) is 33.1 Å². The smallest absolute Gasteiger partial charge is 0.348 e. The van der Waals surface area contributed by atoms with Crippen molar-refractivity contribution in [1.29, 1.82) is 0 Å². The van der Waals surface area contributed by atoms with E-state index >= 15 is 0 Å². The molecule has 1 aromatic heterocycles. The lowest BCUT2D eigenvalue weighted by atomic mass is 10.2. The second-order valence-electron chi connectivity index (χ2n) is 3.10. The summed E-state index contributed by atoms with van der Waals surface area (Å²) in [4.78, 5) is 12.1. The van der Waals surface area contributed by atoms with Gasteiger partial charge in [0.05, 0.1) is 16.7 Å². The highest BCUT2D eigenvalue weighted by Gasteiger charge is 2.13. The first kappa shape index (κ1) is 11.7. The van der Waals surface area contributed by atoms with Crippen LogP contribution in [0.3, 0.4) is 0 Å². The lowest BCUT2D eigenvalue weighted by Crippen LogP contribution is -2.01. The van der Waals surface area contributed by atoms with Crippen LogP contribution in [0.15, 0.2) is 18.2 Å². The quantitative estimate of drug-likeness (QED) is 0.760. The molecule has 0 atom stereocenters. The number of rotatable bonds is 2. The Kier molecular flexibility index (Phi) is 3.38. The van der Waals surface area contributed by atoms with Crippen LogP contribution in [0.5, 0.6) is 0 Å². The standard InChI is InChI=1S/C11H8Cl2O2S/c1-2-15-11(14)9-5-6-8(16-9)4-3-7(12)10(6)13/h3-5H,2H2,1H3. The Morgan fingerprint density at radius 1 is 1.44 bits per heavy atom. The van der Waals surface area contributed by atoms with E-state index in [2.05, 4.69) is 0 Å². The van der Waals surface area contributed by atoms with Crippen LogP contribution in [0.2, 0.25) is 10.0 Å². The van der Waals surface area contributed by atoms with Crippen LogP contribution >= 0.6 is 34.5 Å². The number of carbonyl (C=O) groups is 1. The number of hydrogen-bond donors (Lipinski definition) is 0. The molecule has 2 nitrogen and oxygen atoms in total. The molecule has 0 unspecified atom stereocenters. The molecule has 0 fully saturated rings. The van der Waals surface area contributed by atoms with E-state index in [1.165, 1.54) is 11.3 Å². The number of fused-ring (bicyclic) bond motifs is 1. The molecule has 2 aromatic rings. The second kappa shape index (κ2) is 4.62. The summed E-state index contributed by atoms with van der Waals surface area (Å²) in [6.07, 6.45) is 0. The molecule has 0 aliphatic carbocycles. The Labute approximate surface area is 107 Å². The van der Waals surface area contributed by atoms with Gasteiger partial charge in [0.1, 0.15) is 4.88 Å². The summed E-state index contributed by atoms with van der Waals surface area (Å²) in [5.41, 5.74) is 0. The molecular formula is C11H8Cl2O2S. The first-order valence-electron chi connectivity index (χ1n) is 4.68. The lowest BCUT2D eigenvalue weighted by Gasteiger charge is -1.96. The van der Waals surface area contributed by atoms with Gasteiger partial charge in [-0.15, -0.1) is 11.3 Å². The molecule has 5 heteroatoms. The number of ether oxygens (including phenoxy) is 1. The van der Waals surface area contributed by atoms with E-state index in [4.69, 9.17) is 27.9 Å². The predicted octanol–water partition coefficient (Wildman–Crippen LogP) is 4.38. The molecule has 0 spiro atoms. The van der Waals surface area contributed by atoms with Crippen LogP contribution in [-0.2, 0) is 4.74 Å². The average Bonchev–Trinajstić information content (AvgIpc) is 2.69. The van der Waals surface area contributed by atoms with Crippen molar-refractivity contribution in [2.24, 2.45) is 0 Å². The summed E-state index contributed by atoms with van der Waals surface area (Å²) >= 11 is 13.3. The van der Waals surface area contributed by atoms with Gasteiger partial charge in [-0.1, -0.05) is 23.2 Å². The zero-order valence-corrected chi connectivity index (χ0v) is 10.7. The molecule has 0 amide bonds. The predicted molar refractivity (Wildman–Crippen MR) is 67.8 cm³/mol. The van der Waals surface area contributed by atoms with E-state index in [0.29, 0.717) is 21.5 Å². The van der Waals surface area contributed by atoms with Crippen molar-refractivity contribution >= 4 is 50.6 Å². The van der Waals surface area contributed by atoms with Gasteiger partial charge in [-0.2, -0.15) is 0 Å². The number of carbonyl (C=O) groups excluding carboxylic acids is 1. The van der Waals surface area contributed by atoms with E-state index in [9.17, 15) is 4.79 Å². The van der Waals surface area contributed by atoms with Crippen LogP contribution < -0.4 is 0 Å². The molecule has 1 heterocycles.